The number of nitrogens with two attached hydrogens (primary N) is 1. The smallest absolute Gasteiger partial charge is 0.119 e. The molecule has 0 aromatic heterocycles. The third kappa shape index (κ3) is 4.83. The zero-order chi connectivity index (χ0) is 14.9. The first-order chi connectivity index (χ1) is 10.3. The van der Waals surface area contributed by atoms with Gasteiger partial charge in [-0.15, -0.1) is 0 Å². The molecule has 0 fully saturated rings. The van der Waals surface area contributed by atoms with E-state index in [1.807, 2.05) is 42.5 Å². The molecule has 2 aromatic rings. The zero-order valence-electron chi connectivity index (χ0n) is 11.9. The highest BCUT2D eigenvalue weighted by atomic mass is 16.5. The van der Waals surface area contributed by atoms with Gasteiger partial charge in [-0.05, 0) is 54.9 Å². The molecule has 0 amide bonds. The van der Waals surface area contributed by atoms with Crippen LogP contribution in [0.5, 0.6) is 5.75 Å². The van der Waals surface area contributed by atoms with Crippen molar-refractivity contribution in [2.24, 2.45) is 5.73 Å². The van der Waals surface area contributed by atoms with Crippen LogP contribution in [0.3, 0.4) is 0 Å². The number of rotatable bonds is 7. The Hall–Kier alpha value is -2.51. The second kappa shape index (κ2) is 7.93. The Morgan fingerprint density at radius 3 is 2.67 bits per heavy atom. The summed E-state index contributed by atoms with van der Waals surface area (Å²) in [6.07, 6.45) is 0.952. The van der Waals surface area contributed by atoms with Crippen molar-refractivity contribution in [3.63, 3.8) is 0 Å². The first-order valence-corrected chi connectivity index (χ1v) is 6.97. The third-order valence-electron chi connectivity index (χ3n) is 3.03. The van der Waals surface area contributed by atoms with Gasteiger partial charge in [0.2, 0.25) is 0 Å². The lowest BCUT2D eigenvalue weighted by Gasteiger charge is -2.09. The second-order valence-electron chi connectivity index (χ2n) is 4.69. The largest absolute Gasteiger partial charge is 0.489 e. The number of hydrogen-bond acceptors (Lipinski definition) is 4. The highest BCUT2D eigenvalue weighted by molar-refractivity contribution is 5.46. The van der Waals surface area contributed by atoms with Crippen LogP contribution in [0, 0.1) is 11.3 Å². The van der Waals surface area contributed by atoms with Gasteiger partial charge in [0.15, 0.2) is 0 Å². The predicted octanol–water partition coefficient (Wildman–Crippen LogP) is 2.90. The Kier molecular flexibility index (Phi) is 5.62. The van der Waals surface area contributed by atoms with Crippen LogP contribution in [0.25, 0.3) is 0 Å². The van der Waals surface area contributed by atoms with E-state index < -0.39 is 0 Å². The molecule has 21 heavy (non-hydrogen) atoms. The molecule has 4 heteroatoms. The summed E-state index contributed by atoms with van der Waals surface area (Å²) in [6, 6.07) is 17.4. The molecule has 0 aliphatic heterocycles. The van der Waals surface area contributed by atoms with E-state index in [4.69, 9.17) is 15.7 Å². The molecule has 0 bridgehead atoms. The lowest BCUT2D eigenvalue weighted by atomic mass is 10.1. The van der Waals surface area contributed by atoms with E-state index in [0.717, 1.165) is 30.0 Å². The van der Waals surface area contributed by atoms with E-state index in [2.05, 4.69) is 11.4 Å². The summed E-state index contributed by atoms with van der Waals surface area (Å²) in [5.41, 5.74) is 8.14. The topological polar surface area (TPSA) is 71.1 Å². The highest BCUT2D eigenvalue weighted by Gasteiger charge is 1.98. The van der Waals surface area contributed by atoms with Gasteiger partial charge >= 0.3 is 0 Å². The van der Waals surface area contributed by atoms with Gasteiger partial charge in [0.25, 0.3) is 0 Å². The van der Waals surface area contributed by atoms with Crippen molar-refractivity contribution in [2.45, 2.75) is 13.0 Å². The fourth-order valence-corrected chi connectivity index (χ4v) is 1.90. The van der Waals surface area contributed by atoms with Gasteiger partial charge in [-0.25, -0.2) is 0 Å². The van der Waals surface area contributed by atoms with E-state index in [-0.39, 0.29) is 0 Å². The number of nitrogens with one attached hydrogen (secondary N) is 1. The van der Waals surface area contributed by atoms with Crippen LogP contribution < -0.4 is 15.8 Å². The van der Waals surface area contributed by atoms with Gasteiger partial charge in [0.1, 0.15) is 12.4 Å². The number of nitriles is 1. The summed E-state index contributed by atoms with van der Waals surface area (Å²) in [7, 11) is 0. The van der Waals surface area contributed by atoms with Crippen LogP contribution in [0.4, 0.5) is 5.69 Å². The summed E-state index contributed by atoms with van der Waals surface area (Å²) in [6.45, 7) is 2.02. The second-order valence-corrected chi connectivity index (χ2v) is 4.69. The van der Waals surface area contributed by atoms with Crippen molar-refractivity contribution in [3.8, 4) is 11.8 Å². The molecule has 0 aliphatic rings. The molecule has 4 nitrogen and oxygen atoms in total. The monoisotopic (exact) mass is 281 g/mol. The van der Waals surface area contributed by atoms with E-state index in [0.29, 0.717) is 18.7 Å². The molecule has 2 rings (SSSR count). The van der Waals surface area contributed by atoms with Gasteiger partial charge in [0, 0.05) is 12.2 Å². The molecule has 108 valence electrons. The standard InChI is InChI=1S/C17H19N3O/c18-9-2-10-20-16-5-7-17(8-6-16)21-13-15-4-1-3-14(11-15)12-19/h1,3-8,11,20H,2,9-10,13,18H2. The Labute approximate surface area is 125 Å². The minimum absolute atomic E-state index is 0.454. The Morgan fingerprint density at radius 2 is 1.95 bits per heavy atom. The summed E-state index contributed by atoms with van der Waals surface area (Å²) in [5, 5.41) is 12.2. The molecule has 3 N–H and O–H groups in total. The molecule has 0 atom stereocenters. The number of hydrogen-bond donors (Lipinski definition) is 2. The van der Waals surface area contributed by atoms with Crippen molar-refractivity contribution >= 4 is 5.69 Å². The van der Waals surface area contributed by atoms with Gasteiger partial charge in [0.05, 0.1) is 11.6 Å². The van der Waals surface area contributed by atoms with E-state index >= 15 is 0 Å². The Morgan fingerprint density at radius 1 is 1.14 bits per heavy atom. The Bertz CT molecular complexity index is 602. The van der Waals surface area contributed by atoms with Crippen molar-refractivity contribution < 1.29 is 4.74 Å². The third-order valence-corrected chi connectivity index (χ3v) is 3.03. The van der Waals surface area contributed by atoms with E-state index in [1.54, 1.807) is 6.07 Å². The molecule has 0 aliphatic carbocycles. The average molecular weight is 281 g/mol. The van der Waals surface area contributed by atoms with E-state index in [1.165, 1.54) is 0 Å². The SMILES string of the molecule is N#Cc1cccc(COc2ccc(NCCCN)cc2)c1. The van der Waals surface area contributed by atoms with Crippen molar-refractivity contribution in [1.82, 2.24) is 0 Å². The summed E-state index contributed by atoms with van der Waals surface area (Å²) < 4.78 is 5.71. The lowest BCUT2D eigenvalue weighted by molar-refractivity contribution is 0.306. The van der Waals surface area contributed by atoms with Gasteiger partial charge in [-0.3, -0.25) is 0 Å². The maximum Gasteiger partial charge on any atom is 0.119 e. The van der Waals surface area contributed by atoms with Crippen molar-refractivity contribution in [3.05, 3.63) is 59.7 Å². The van der Waals surface area contributed by atoms with Crippen LogP contribution in [-0.4, -0.2) is 13.1 Å². The van der Waals surface area contributed by atoms with Crippen LogP contribution >= 0.6 is 0 Å². The average Bonchev–Trinajstić information content (AvgIpc) is 2.54. The number of anilines is 1. The van der Waals surface area contributed by atoms with Crippen LogP contribution in [0.15, 0.2) is 48.5 Å². The van der Waals surface area contributed by atoms with Crippen molar-refractivity contribution in [1.29, 1.82) is 5.26 Å². The molecular weight excluding hydrogens is 262 g/mol. The summed E-state index contributed by atoms with van der Waals surface area (Å²) >= 11 is 0. The first-order valence-electron chi connectivity index (χ1n) is 6.97. The highest BCUT2D eigenvalue weighted by Crippen LogP contribution is 2.17. The van der Waals surface area contributed by atoms with E-state index in [9.17, 15) is 0 Å². The Balaban J connectivity index is 1.87. The van der Waals surface area contributed by atoms with Crippen LogP contribution in [-0.2, 0) is 6.61 Å². The maximum atomic E-state index is 8.86. The van der Waals surface area contributed by atoms with Crippen molar-refractivity contribution in [2.75, 3.05) is 18.4 Å². The fourth-order valence-electron chi connectivity index (χ4n) is 1.90. The molecular formula is C17H19N3O. The predicted molar refractivity (Wildman–Crippen MR) is 84.1 cm³/mol. The molecule has 0 spiro atoms. The molecule has 0 heterocycles. The minimum Gasteiger partial charge on any atom is -0.489 e. The molecule has 0 saturated heterocycles. The molecule has 0 radical (unpaired) electrons. The zero-order valence-corrected chi connectivity index (χ0v) is 11.9. The van der Waals surface area contributed by atoms with Gasteiger partial charge < -0.3 is 15.8 Å². The number of benzene rings is 2. The maximum absolute atomic E-state index is 8.86. The number of nitrogens with zero attached hydrogens (tertiary/aromatic N) is 1. The molecule has 2 aromatic carbocycles. The summed E-state index contributed by atoms with van der Waals surface area (Å²) in [5.74, 6) is 0.807. The van der Waals surface area contributed by atoms with Gasteiger partial charge in [-0.1, -0.05) is 12.1 Å². The number of ether oxygens (including phenoxy) is 1. The fraction of sp³-hybridized carbons (Fsp3) is 0.235. The normalized spacial score (nSPS) is 9.90. The summed E-state index contributed by atoms with van der Waals surface area (Å²) in [4.78, 5) is 0. The first kappa shape index (κ1) is 14.9. The minimum atomic E-state index is 0.454. The molecule has 0 unspecified atom stereocenters. The molecule has 0 saturated carbocycles. The van der Waals surface area contributed by atoms with Crippen LogP contribution in [0.1, 0.15) is 17.5 Å². The quantitative estimate of drug-likeness (QED) is 0.765. The van der Waals surface area contributed by atoms with Gasteiger partial charge in [-0.2, -0.15) is 5.26 Å². The lowest BCUT2D eigenvalue weighted by Crippen LogP contribution is -2.08. The van der Waals surface area contributed by atoms with Crippen LogP contribution in [0.2, 0.25) is 0 Å².